The van der Waals surface area contributed by atoms with E-state index in [1.165, 1.54) is 12.4 Å². The smallest absolute Gasteiger partial charge is 0.228 e. The number of halogens is 1. The highest BCUT2D eigenvalue weighted by Crippen LogP contribution is 2.33. The van der Waals surface area contributed by atoms with E-state index in [9.17, 15) is 9.18 Å². The molecule has 0 bridgehead atoms. The molecule has 0 unspecified atom stereocenters. The summed E-state index contributed by atoms with van der Waals surface area (Å²) in [6.45, 7) is 0. The number of nitrogens with zero attached hydrogens (tertiary/aromatic N) is 4. The number of pyridine rings is 2. The number of para-hydroxylation sites is 1. The topological polar surface area (TPSA) is 80.7 Å². The number of hydrogen-bond acceptors (Lipinski definition) is 5. The highest BCUT2D eigenvalue weighted by molar-refractivity contribution is 5.94. The molecule has 1 amide bonds. The van der Waals surface area contributed by atoms with Crippen LogP contribution >= 0.6 is 0 Å². The summed E-state index contributed by atoms with van der Waals surface area (Å²) in [5.74, 6) is -0.181. The summed E-state index contributed by atoms with van der Waals surface area (Å²) in [6, 6.07) is 11.2. The van der Waals surface area contributed by atoms with Crippen LogP contribution in [0.5, 0.6) is 0 Å². The zero-order valence-corrected chi connectivity index (χ0v) is 15.3. The first-order chi connectivity index (χ1) is 14.2. The molecule has 6 nitrogen and oxygen atoms in total. The maximum Gasteiger partial charge on any atom is 0.228 e. The average Bonchev–Trinajstić information content (AvgIpc) is 3.59. The van der Waals surface area contributed by atoms with Crippen LogP contribution in [0, 0.1) is 11.7 Å². The molecule has 1 aliphatic carbocycles. The molecule has 1 N–H and O–H groups in total. The van der Waals surface area contributed by atoms with Crippen molar-refractivity contribution in [1.29, 1.82) is 0 Å². The number of anilines is 1. The Bertz CT molecular complexity index is 1240. The van der Waals surface area contributed by atoms with Crippen molar-refractivity contribution in [3.05, 3.63) is 67.0 Å². The molecule has 3 heterocycles. The molecule has 7 heteroatoms. The van der Waals surface area contributed by atoms with Gasteiger partial charge in [-0.2, -0.15) is 0 Å². The molecule has 1 aliphatic rings. The Morgan fingerprint density at radius 1 is 1.03 bits per heavy atom. The molecular formula is C22H16FN5O. The van der Waals surface area contributed by atoms with E-state index in [1.807, 2.05) is 30.3 Å². The van der Waals surface area contributed by atoms with Gasteiger partial charge in [0.1, 0.15) is 5.69 Å². The van der Waals surface area contributed by atoms with Crippen molar-refractivity contribution < 1.29 is 9.18 Å². The molecule has 0 radical (unpaired) electrons. The minimum Gasteiger partial charge on any atom is -0.309 e. The molecule has 1 saturated carbocycles. The quantitative estimate of drug-likeness (QED) is 0.568. The van der Waals surface area contributed by atoms with Crippen molar-refractivity contribution in [2.24, 2.45) is 5.92 Å². The van der Waals surface area contributed by atoms with Crippen LogP contribution in [0.1, 0.15) is 12.8 Å². The van der Waals surface area contributed by atoms with Gasteiger partial charge in [-0.25, -0.2) is 14.4 Å². The number of aromatic nitrogens is 4. The third kappa shape index (κ3) is 3.42. The fraction of sp³-hybridized carbons (Fsp3) is 0.136. The van der Waals surface area contributed by atoms with E-state index in [1.54, 1.807) is 12.3 Å². The minimum atomic E-state index is -0.494. The third-order valence-electron chi connectivity index (χ3n) is 4.86. The minimum absolute atomic E-state index is 0.0416. The van der Waals surface area contributed by atoms with Crippen molar-refractivity contribution in [3.63, 3.8) is 0 Å². The van der Waals surface area contributed by atoms with Gasteiger partial charge >= 0.3 is 0 Å². The molecule has 0 saturated heterocycles. The summed E-state index contributed by atoms with van der Waals surface area (Å²) in [4.78, 5) is 29.5. The van der Waals surface area contributed by atoms with Crippen molar-refractivity contribution in [1.82, 2.24) is 19.9 Å². The molecular weight excluding hydrogens is 369 g/mol. The number of fused-ring (bicyclic) bond motifs is 1. The third-order valence-corrected chi connectivity index (χ3v) is 4.86. The fourth-order valence-corrected chi connectivity index (χ4v) is 3.19. The van der Waals surface area contributed by atoms with Crippen LogP contribution in [-0.2, 0) is 4.79 Å². The van der Waals surface area contributed by atoms with Crippen LogP contribution in [0.3, 0.4) is 0 Å². The number of carbonyl (C=O) groups is 1. The summed E-state index contributed by atoms with van der Waals surface area (Å²) >= 11 is 0. The molecule has 0 atom stereocenters. The van der Waals surface area contributed by atoms with E-state index in [0.29, 0.717) is 22.8 Å². The van der Waals surface area contributed by atoms with Gasteiger partial charge in [-0.1, -0.05) is 18.2 Å². The number of amides is 1. The number of rotatable bonds is 4. The number of nitrogens with one attached hydrogen (secondary N) is 1. The van der Waals surface area contributed by atoms with Crippen LogP contribution in [0.4, 0.5) is 10.2 Å². The summed E-state index contributed by atoms with van der Waals surface area (Å²) < 4.78 is 14.4. The predicted octanol–water partition coefficient (Wildman–Crippen LogP) is 4.24. The average molecular weight is 385 g/mol. The van der Waals surface area contributed by atoms with Crippen molar-refractivity contribution in [3.8, 4) is 22.5 Å². The fourth-order valence-electron chi connectivity index (χ4n) is 3.19. The molecule has 29 heavy (non-hydrogen) atoms. The van der Waals surface area contributed by atoms with Gasteiger partial charge in [0.05, 0.1) is 23.6 Å². The lowest BCUT2D eigenvalue weighted by Crippen LogP contribution is -2.15. The number of benzene rings is 1. The standard InChI is InChI=1S/C22H16FN5O/c23-17-11-24-8-7-16(17)21-20(15-9-14-3-1-2-4-18(14)25-10-15)27-19(12-26-21)28-22(29)13-5-6-13/h1-4,7-13H,5-6H2,(H,27,28,29). The van der Waals surface area contributed by atoms with Crippen LogP contribution in [-0.4, -0.2) is 25.8 Å². The van der Waals surface area contributed by atoms with Crippen LogP contribution in [0.15, 0.2) is 61.2 Å². The Hall–Kier alpha value is -3.74. The maximum absolute atomic E-state index is 14.4. The van der Waals surface area contributed by atoms with Crippen LogP contribution < -0.4 is 5.32 Å². The van der Waals surface area contributed by atoms with Gasteiger partial charge in [-0.05, 0) is 31.0 Å². The van der Waals surface area contributed by atoms with Crippen LogP contribution in [0.2, 0.25) is 0 Å². The van der Waals surface area contributed by atoms with Crippen LogP contribution in [0.25, 0.3) is 33.4 Å². The second-order valence-electron chi connectivity index (χ2n) is 6.99. The van der Waals surface area contributed by atoms with Crippen molar-refractivity contribution in [2.45, 2.75) is 12.8 Å². The van der Waals surface area contributed by atoms with E-state index >= 15 is 0 Å². The normalized spacial score (nSPS) is 13.4. The van der Waals surface area contributed by atoms with Gasteiger partial charge in [-0.15, -0.1) is 0 Å². The molecule has 1 fully saturated rings. The Morgan fingerprint density at radius 2 is 1.90 bits per heavy atom. The Labute approximate surface area is 165 Å². The Kier molecular flexibility index (Phi) is 4.20. The summed E-state index contributed by atoms with van der Waals surface area (Å²) in [5, 5.41) is 3.74. The predicted molar refractivity (Wildman–Crippen MR) is 107 cm³/mol. The molecule has 142 valence electrons. The van der Waals surface area contributed by atoms with E-state index in [2.05, 4.69) is 25.3 Å². The highest BCUT2D eigenvalue weighted by atomic mass is 19.1. The lowest BCUT2D eigenvalue weighted by molar-refractivity contribution is -0.117. The van der Waals surface area contributed by atoms with Gasteiger partial charge in [0.25, 0.3) is 0 Å². The second-order valence-corrected chi connectivity index (χ2v) is 6.99. The summed E-state index contributed by atoms with van der Waals surface area (Å²) in [5.41, 5.74) is 2.63. The second kappa shape index (κ2) is 7.01. The first-order valence-electron chi connectivity index (χ1n) is 9.32. The Balaban J connectivity index is 1.66. The summed E-state index contributed by atoms with van der Waals surface area (Å²) in [7, 11) is 0. The first-order valence-corrected chi connectivity index (χ1v) is 9.32. The Morgan fingerprint density at radius 3 is 2.72 bits per heavy atom. The summed E-state index contributed by atoms with van der Waals surface area (Å²) in [6.07, 6.45) is 7.56. The van der Waals surface area contributed by atoms with Crippen molar-refractivity contribution >= 4 is 22.6 Å². The molecule has 4 aromatic rings. The molecule has 0 spiro atoms. The molecule has 5 rings (SSSR count). The lowest BCUT2D eigenvalue weighted by atomic mass is 10.0. The van der Waals surface area contributed by atoms with Gasteiger partial charge in [-0.3, -0.25) is 14.8 Å². The molecule has 3 aromatic heterocycles. The van der Waals surface area contributed by atoms with Crippen molar-refractivity contribution in [2.75, 3.05) is 5.32 Å². The molecule has 0 aliphatic heterocycles. The SMILES string of the molecule is O=C(Nc1cnc(-c2ccncc2F)c(-c2cnc3ccccc3c2)n1)C1CC1. The zero-order chi connectivity index (χ0) is 19.8. The van der Waals surface area contributed by atoms with Gasteiger partial charge in [0, 0.05) is 34.8 Å². The first kappa shape index (κ1) is 17.4. The zero-order valence-electron chi connectivity index (χ0n) is 15.3. The number of hydrogen-bond donors (Lipinski definition) is 1. The van der Waals surface area contributed by atoms with E-state index < -0.39 is 5.82 Å². The molecule has 1 aromatic carbocycles. The largest absolute Gasteiger partial charge is 0.309 e. The van der Waals surface area contributed by atoms with E-state index in [4.69, 9.17) is 0 Å². The lowest BCUT2D eigenvalue weighted by Gasteiger charge is -2.12. The number of carbonyl (C=O) groups excluding carboxylic acids is 1. The maximum atomic E-state index is 14.4. The highest BCUT2D eigenvalue weighted by Gasteiger charge is 2.30. The van der Waals surface area contributed by atoms with E-state index in [0.717, 1.165) is 29.9 Å². The van der Waals surface area contributed by atoms with E-state index in [-0.39, 0.29) is 17.4 Å². The monoisotopic (exact) mass is 385 g/mol. The van der Waals surface area contributed by atoms with Gasteiger partial charge in [0.15, 0.2) is 11.6 Å². The van der Waals surface area contributed by atoms with Gasteiger partial charge < -0.3 is 5.32 Å². The van der Waals surface area contributed by atoms with Gasteiger partial charge in [0.2, 0.25) is 5.91 Å².